The van der Waals surface area contributed by atoms with Gasteiger partial charge in [0.2, 0.25) is 11.8 Å². The molecule has 0 spiro atoms. The maximum absolute atomic E-state index is 12.1. The van der Waals surface area contributed by atoms with Crippen molar-refractivity contribution in [3.8, 4) is 0 Å². The minimum atomic E-state index is -0.0606. The summed E-state index contributed by atoms with van der Waals surface area (Å²) in [6, 6.07) is 14.0. The van der Waals surface area contributed by atoms with Gasteiger partial charge in [0.25, 0.3) is 0 Å². The molecule has 2 aromatic carbocycles. The number of benzene rings is 2. The number of carbonyl (C=O) groups excluding carboxylic acids is 2. The van der Waals surface area contributed by atoms with Gasteiger partial charge in [-0.15, -0.1) is 0 Å². The number of amides is 2. The fraction of sp³-hybridized carbons (Fsp3) is 0.333. The summed E-state index contributed by atoms with van der Waals surface area (Å²) in [5.41, 5.74) is 5.41. The molecule has 2 aromatic rings. The van der Waals surface area contributed by atoms with Gasteiger partial charge in [0.15, 0.2) is 0 Å². The minimum Gasteiger partial charge on any atom is -0.352 e. The maximum Gasteiger partial charge on any atom is 0.223 e. The molecule has 0 bridgehead atoms. The third-order valence-corrected chi connectivity index (χ3v) is 4.36. The van der Waals surface area contributed by atoms with Gasteiger partial charge < -0.3 is 10.2 Å². The van der Waals surface area contributed by atoms with Crippen LogP contribution in [0.4, 0.5) is 5.69 Å². The van der Waals surface area contributed by atoms with E-state index in [2.05, 4.69) is 5.32 Å². The van der Waals surface area contributed by atoms with Crippen LogP contribution in [-0.2, 0) is 16.1 Å². The van der Waals surface area contributed by atoms with E-state index >= 15 is 0 Å². The first kappa shape index (κ1) is 18.7. The van der Waals surface area contributed by atoms with Crippen molar-refractivity contribution in [3.05, 3.63) is 64.7 Å². The molecule has 0 atom stereocenters. The number of rotatable bonds is 6. The minimum absolute atomic E-state index is 0.0596. The van der Waals surface area contributed by atoms with Crippen molar-refractivity contribution in [2.75, 3.05) is 11.4 Å². The topological polar surface area (TPSA) is 49.4 Å². The summed E-state index contributed by atoms with van der Waals surface area (Å²) < 4.78 is 0. The number of hydrogen-bond donors (Lipinski definition) is 1. The molecule has 0 radical (unpaired) electrons. The van der Waals surface area contributed by atoms with Crippen LogP contribution in [0.2, 0.25) is 0 Å². The third kappa shape index (κ3) is 5.45. The van der Waals surface area contributed by atoms with Crippen LogP contribution >= 0.6 is 0 Å². The number of anilines is 1. The Hall–Kier alpha value is -2.62. The molecule has 0 unspecified atom stereocenters. The van der Waals surface area contributed by atoms with Crippen LogP contribution in [0.1, 0.15) is 35.6 Å². The molecule has 0 fully saturated rings. The fourth-order valence-electron chi connectivity index (χ4n) is 2.57. The van der Waals surface area contributed by atoms with Crippen LogP contribution in [0.5, 0.6) is 0 Å². The second kappa shape index (κ2) is 8.47. The van der Waals surface area contributed by atoms with Gasteiger partial charge in [-0.05, 0) is 49.6 Å². The van der Waals surface area contributed by atoms with E-state index in [0.29, 0.717) is 13.1 Å². The smallest absolute Gasteiger partial charge is 0.223 e. The van der Waals surface area contributed by atoms with E-state index in [1.807, 2.05) is 63.2 Å². The highest BCUT2D eigenvalue weighted by Crippen LogP contribution is 2.19. The fourth-order valence-corrected chi connectivity index (χ4v) is 2.57. The van der Waals surface area contributed by atoms with Gasteiger partial charge in [-0.3, -0.25) is 9.59 Å². The second-order valence-corrected chi connectivity index (χ2v) is 6.45. The Morgan fingerprint density at radius 2 is 1.64 bits per heavy atom. The molecule has 132 valence electrons. The van der Waals surface area contributed by atoms with Gasteiger partial charge in [0.05, 0.1) is 0 Å². The van der Waals surface area contributed by atoms with Gasteiger partial charge in [-0.1, -0.05) is 35.9 Å². The molecule has 25 heavy (non-hydrogen) atoms. The molecule has 0 saturated carbocycles. The van der Waals surface area contributed by atoms with Crippen molar-refractivity contribution >= 4 is 17.5 Å². The quantitative estimate of drug-likeness (QED) is 0.873. The third-order valence-electron chi connectivity index (χ3n) is 4.36. The summed E-state index contributed by atoms with van der Waals surface area (Å²) in [6.07, 6.45) is 0.276. The predicted octanol–water partition coefficient (Wildman–Crippen LogP) is 3.67. The highest BCUT2D eigenvalue weighted by Gasteiger charge is 2.14. The Bertz CT molecular complexity index is 751. The monoisotopic (exact) mass is 338 g/mol. The number of aryl methyl sites for hydroxylation is 3. The SMILES string of the molecule is CC(=O)N(CCC(=O)NCc1ccc(C)cc1)c1ccc(C)c(C)c1. The predicted molar refractivity (Wildman–Crippen MR) is 102 cm³/mol. The molecular weight excluding hydrogens is 312 g/mol. The lowest BCUT2D eigenvalue weighted by atomic mass is 10.1. The van der Waals surface area contributed by atoms with Crippen LogP contribution in [0, 0.1) is 20.8 Å². The lowest BCUT2D eigenvalue weighted by molar-refractivity contribution is -0.121. The van der Waals surface area contributed by atoms with Gasteiger partial charge >= 0.3 is 0 Å². The van der Waals surface area contributed by atoms with Gasteiger partial charge in [-0.25, -0.2) is 0 Å². The molecule has 0 heterocycles. The zero-order chi connectivity index (χ0) is 18.4. The first-order valence-electron chi connectivity index (χ1n) is 8.54. The van der Waals surface area contributed by atoms with Crippen molar-refractivity contribution in [1.82, 2.24) is 5.32 Å². The molecule has 4 nitrogen and oxygen atoms in total. The second-order valence-electron chi connectivity index (χ2n) is 6.45. The van der Waals surface area contributed by atoms with Crippen molar-refractivity contribution in [2.24, 2.45) is 0 Å². The zero-order valence-corrected chi connectivity index (χ0v) is 15.4. The zero-order valence-electron chi connectivity index (χ0n) is 15.4. The Balaban J connectivity index is 1.91. The maximum atomic E-state index is 12.1. The van der Waals surface area contributed by atoms with E-state index in [1.54, 1.807) is 4.90 Å². The van der Waals surface area contributed by atoms with E-state index in [9.17, 15) is 9.59 Å². The standard InChI is InChI=1S/C21H26N2O2/c1-15-5-8-19(9-6-15)14-22-21(25)11-12-23(18(4)24)20-10-7-16(2)17(3)13-20/h5-10,13H,11-12,14H2,1-4H3,(H,22,25). The lowest BCUT2D eigenvalue weighted by Crippen LogP contribution is -2.33. The van der Waals surface area contributed by atoms with Crippen LogP contribution in [0.15, 0.2) is 42.5 Å². The van der Waals surface area contributed by atoms with Crippen molar-refractivity contribution in [3.63, 3.8) is 0 Å². The molecule has 2 rings (SSSR count). The molecule has 4 heteroatoms. The molecule has 0 saturated heterocycles. The van der Waals surface area contributed by atoms with E-state index in [-0.39, 0.29) is 18.2 Å². The first-order chi connectivity index (χ1) is 11.9. The number of carbonyl (C=O) groups is 2. The largest absolute Gasteiger partial charge is 0.352 e. The Morgan fingerprint density at radius 1 is 0.960 bits per heavy atom. The summed E-state index contributed by atoms with van der Waals surface area (Å²) in [5.74, 6) is -0.120. The molecule has 2 amide bonds. The summed E-state index contributed by atoms with van der Waals surface area (Å²) in [5, 5.41) is 2.91. The van der Waals surface area contributed by atoms with Crippen molar-refractivity contribution in [2.45, 2.75) is 40.7 Å². The highest BCUT2D eigenvalue weighted by atomic mass is 16.2. The molecule has 0 aliphatic rings. The van der Waals surface area contributed by atoms with Gasteiger partial charge in [0, 0.05) is 32.1 Å². The number of nitrogens with zero attached hydrogens (tertiary/aromatic N) is 1. The molecule has 1 N–H and O–H groups in total. The molecular formula is C21H26N2O2. The number of nitrogens with one attached hydrogen (secondary N) is 1. The molecule has 0 aliphatic heterocycles. The van der Waals surface area contributed by atoms with E-state index < -0.39 is 0 Å². The highest BCUT2D eigenvalue weighted by molar-refractivity contribution is 5.92. The van der Waals surface area contributed by atoms with Gasteiger partial charge in [0.1, 0.15) is 0 Å². The molecule has 0 aromatic heterocycles. The summed E-state index contributed by atoms with van der Waals surface area (Å²) in [4.78, 5) is 25.7. The van der Waals surface area contributed by atoms with Crippen molar-refractivity contribution < 1.29 is 9.59 Å². The normalized spacial score (nSPS) is 10.4. The van der Waals surface area contributed by atoms with E-state index in [0.717, 1.165) is 16.8 Å². The summed E-state index contributed by atoms with van der Waals surface area (Å²) in [6.45, 7) is 8.49. The lowest BCUT2D eigenvalue weighted by Gasteiger charge is -2.22. The van der Waals surface area contributed by atoms with E-state index in [1.165, 1.54) is 18.1 Å². The number of hydrogen-bond acceptors (Lipinski definition) is 2. The average Bonchev–Trinajstić information content (AvgIpc) is 2.57. The molecule has 0 aliphatic carbocycles. The van der Waals surface area contributed by atoms with Crippen LogP contribution in [0.25, 0.3) is 0 Å². The van der Waals surface area contributed by atoms with Crippen LogP contribution in [-0.4, -0.2) is 18.4 Å². The average molecular weight is 338 g/mol. The Kier molecular flexibility index (Phi) is 6.34. The van der Waals surface area contributed by atoms with E-state index in [4.69, 9.17) is 0 Å². The Morgan fingerprint density at radius 3 is 2.24 bits per heavy atom. The van der Waals surface area contributed by atoms with Crippen molar-refractivity contribution in [1.29, 1.82) is 0 Å². The Labute approximate surface area is 149 Å². The van der Waals surface area contributed by atoms with Crippen LogP contribution in [0.3, 0.4) is 0 Å². The summed E-state index contributed by atoms with van der Waals surface area (Å²) in [7, 11) is 0. The van der Waals surface area contributed by atoms with Crippen LogP contribution < -0.4 is 10.2 Å². The summed E-state index contributed by atoms with van der Waals surface area (Å²) >= 11 is 0. The first-order valence-corrected chi connectivity index (χ1v) is 8.54. The van der Waals surface area contributed by atoms with Gasteiger partial charge in [-0.2, -0.15) is 0 Å².